The van der Waals surface area contributed by atoms with Crippen LogP contribution in [0.4, 0.5) is 5.69 Å². The van der Waals surface area contributed by atoms with Crippen LogP contribution in [0.15, 0.2) is 36.0 Å². The summed E-state index contributed by atoms with van der Waals surface area (Å²) in [4.78, 5) is 24.0. The predicted octanol–water partition coefficient (Wildman–Crippen LogP) is 5.24. The molecule has 0 amide bonds. The van der Waals surface area contributed by atoms with Gasteiger partial charge in [-0.25, -0.2) is 9.59 Å². The van der Waals surface area contributed by atoms with Crippen molar-refractivity contribution in [2.45, 2.75) is 65.7 Å². The summed E-state index contributed by atoms with van der Waals surface area (Å²) < 4.78 is 15.6. The molecule has 0 aliphatic rings. The summed E-state index contributed by atoms with van der Waals surface area (Å²) in [7, 11) is 0. The molecule has 0 bridgehead atoms. The molecule has 0 aromatic heterocycles. The van der Waals surface area contributed by atoms with Crippen molar-refractivity contribution < 1.29 is 23.8 Å². The maximum atomic E-state index is 12.0. The highest BCUT2D eigenvalue weighted by Crippen LogP contribution is 2.18. The largest absolute Gasteiger partial charge is 0.494 e. The Bertz CT molecular complexity index is 622. The number of rotatable bonds is 15. The van der Waals surface area contributed by atoms with Gasteiger partial charge in [-0.3, -0.25) is 0 Å². The van der Waals surface area contributed by atoms with Crippen molar-refractivity contribution in [3.63, 3.8) is 0 Å². The molecular formula is C23H35NO5. The Morgan fingerprint density at radius 3 is 2.14 bits per heavy atom. The lowest BCUT2D eigenvalue weighted by molar-refractivity contribution is -0.146. The minimum Gasteiger partial charge on any atom is -0.494 e. The minimum absolute atomic E-state index is 0.178. The summed E-state index contributed by atoms with van der Waals surface area (Å²) in [5.74, 6) is -0.696. The fraction of sp³-hybridized carbons (Fsp3) is 0.565. The second-order valence-electron chi connectivity index (χ2n) is 6.64. The first kappa shape index (κ1) is 24.5. The van der Waals surface area contributed by atoms with Gasteiger partial charge in [-0.2, -0.15) is 0 Å². The molecule has 29 heavy (non-hydrogen) atoms. The van der Waals surface area contributed by atoms with E-state index in [9.17, 15) is 9.59 Å². The summed E-state index contributed by atoms with van der Waals surface area (Å²) >= 11 is 0. The molecule has 0 saturated heterocycles. The highest BCUT2D eigenvalue weighted by Gasteiger charge is 2.20. The number of carbonyl (C=O) groups is 2. The normalized spacial score (nSPS) is 10.2. The number of hydrogen-bond donors (Lipinski definition) is 1. The second-order valence-corrected chi connectivity index (χ2v) is 6.64. The zero-order valence-corrected chi connectivity index (χ0v) is 18.0. The first-order valence-corrected chi connectivity index (χ1v) is 10.7. The van der Waals surface area contributed by atoms with E-state index in [1.54, 1.807) is 13.8 Å². The Balaban J connectivity index is 2.54. The average molecular weight is 406 g/mol. The summed E-state index contributed by atoms with van der Waals surface area (Å²) in [6.07, 6.45) is 9.96. The van der Waals surface area contributed by atoms with Gasteiger partial charge < -0.3 is 19.5 Å². The van der Waals surface area contributed by atoms with Crippen LogP contribution in [-0.4, -0.2) is 31.8 Å². The van der Waals surface area contributed by atoms with Crippen LogP contribution in [0, 0.1) is 0 Å². The minimum atomic E-state index is -0.718. The molecule has 1 aromatic carbocycles. The number of anilines is 1. The molecule has 0 heterocycles. The summed E-state index contributed by atoms with van der Waals surface area (Å²) in [6, 6.07) is 7.38. The van der Waals surface area contributed by atoms with Gasteiger partial charge in [-0.15, -0.1) is 0 Å². The quantitative estimate of drug-likeness (QED) is 0.141. The first-order valence-electron chi connectivity index (χ1n) is 10.7. The van der Waals surface area contributed by atoms with E-state index in [1.165, 1.54) is 44.7 Å². The van der Waals surface area contributed by atoms with Crippen molar-refractivity contribution in [3.8, 4) is 5.75 Å². The lowest BCUT2D eigenvalue weighted by Crippen LogP contribution is -2.19. The predicted molar refractivity (Wildman–Crippen MR) is 115 cm³/mol. The fourth-order valence-corrected chi connectivity index (χ4v) is 2.70. The molecule has 0 aliphatic carbocycles. The average Bonchev–Trinajstić information content (AvgIpc) is 2.71. The van der Waals surface area contributed by atoms with Gasteiger partial charge >= 0.3 is 11.9 Å². The van der Waals surface area contributed by atoms with E-state index in [4.69, 9.17) is 14.2 Å². The van der Waals surface area contributed by atoms with E-state index in [0.717, 1.165) is 12.2 Å². The molecule has 1 aromatic rings. The standard InChI is InChI=1S/C23H35NO5/c1-4-7-8-9-10-11-12-16-29-20-15-13-14-19(17-20)24-18-21(22(25)27-5-2)23(26)28-6-3/h13-15,17-18,24H,4-12,16H2,1-3H3. The molecule has 0 spiro atoms. The Kier molecular flexibility index (Phi) is 13.1. The van der Waals surface area contributed by atoms with E-state index in [2.05, 4.69) is 12.2 Å². The molecule has 6 heteroatoms. The van der Waals surface area contributed by atoms with Crippen molar-refractivity contribution in [1.29, 1.82) is 0 Å². The monoisotopic (exact) mass is 405 g/mol. The van der Waals surface area contributed by atoms with Gasteiger partial charge in [0.25, 0.3) is 0 Å². The first-order chi connectivity index (χ1) is 14.1. The number of hydrogen-bond acceptors (Lipinski definition) is 6. The number of benzene rings is 1. The Hall–Kier alpha value is -2.50. The van der Waals surface area contributed by atoms with Crippen LogP contribution in [-0.2, 0) is 19.1 Å². The molecule has 0 radical (unpaired) electrons. The smallest absolute Gasteiger partial charge is 0.347 e. The summed E-state index contributed by atoms with van der Waals surface area (Å²) in [5.41, 5.74) is 0.524. The van der Waals surface area contributed by atoms with Crippen LogP contribution in [0.2, 0.25) is 0 Å². The van der Waals surface area contributed by atoms with Crippen LogP contribution in [0.25, 0.3) is 0 Å². The number of carbonyl (C=O) groups excluding carboxylic acids is 2. The summed E-state index contributed by atoms with van der Waals surface area (Å²) in [5, 5.41) is 2.95. The molecule has 6 nitrogen and oxygen atoms in total. The summed E-state index contributed by atoms with van der Waals surface area (Å²) in [6.45, 7) is 6.61. The zero-order chi connectivity index (χ0) is 21.3. The van der Waals surface area contributed by atoms with Crippen LogP contribution in [0.5, 0.6) is 5.75 Å². The van der Waals surface area contributed by atoms with Gasteiger partial charge in [0.2, 0.25) is 0 Å². The Morgan fingerprint density at radius 2 is 1.52 bits per heavy atom. The van der Waals surface area contributed by atoms with Crippen LogP contribution < -0.4 is 10.1 Å². The molecule has 0 fully saturated rings. The maximum absolute atomic E-state index is 12.0. The molecule has 0 aliphatic heterocycles. The zero-order valence-electron chi connectivity index (χ0n) is 18.0. The van der Waals surface area contributed by atoms with Crippen molar-refractivity contribution in [2.24, 2.45) is 0 Å². The highest BCUT2D eigenvalue weighted by atomic mass is 16.6. The molecule has 0 atom stereocenters. The highest BCUT2D eigenvalue weighted by molar-refractivity contribution is 6.14. The van der Waals surface area contributed by atoms with Gasteiger partial charge in [0.1, 0.15) is 5.75 Å². The van der Waals surface area contributed by atoms with Crippen molar-refractivity contribution in [3.05, 3.63) is 36.0 Å². The molecule has 1 rings (SSSR count). The Labute approximate surface area is 174 Å². The third-order valence-corrected chi connectivity index (χ3v) is 4.22. The molecule has 0 unspecified atom stereocenters. The molecule has 0 saturated carbocycles. The van der Waals surface area contributed by atoms with Gasteiger partial charge in [0, 0.05) is 18.0 Å². The van der Waals surface area contributed by atoms with Crippen LogP contribution in [0.1, 0.15) is 65.7 Å². The molecule has 162 valence electrons. The van der Waals surface area contributed by atoms with Gasteiger partial charge in [-0.1, -0.05) is 51.5 Å². The lowest BCUT2D eigenvalue weighted by Gasteiger charge is -2.10. The van der Waals surface area contributed by atoms with E-state index in [0.29, 0.717) is 12.3 Å². The number of nitrogens with one attached hydrogen (secondary N) is 1. The van der Waals surface area contributed by atoms with Crippen molar-refractivity contribution in [2.75, 3.05) is 25.1 Å². The SMILES string of the molecule is CCCCCCCCCOc1cccc(NC=C(C(=O)OCC)C(=O)OCC)c1. The van der Waals surface area contributed by atoms with E-state index >= 15 is 0 Å². The molecular weight excluding hydrogens is 370 g/mol. The maximum Gasteiger partial charge on any atom is 0.347 e. The van der Waals surface area contributed by atoms with E-state index in [-0.39, 0.29) is 18.8 Å². The van der Waals surface area contributed by atoms with Crippen molar-refractivity contribution in [1.82, 2.24) is 0 Å². The number of ether oxygens (including phenoxy) is 3. The van der Waals surface area contributed by atoms with Gasteiger partial charge in [-0.05, 0) is 32.4 Å². The van der Waals surface area contributed by atoms with Gasteiger partial charge in [0.05, 0.1) is 19.8 Å². The van der Waals surface area contributed by atoms with Gasteiger partial charge in [0.15, 0.2) is 5.57 Å². The third kappa shape index (κ3) is 10.6. The third-order valence-electron chi connectivity index (χ3n) is 4.22. The van der Waals surface area contributed by atoms with Crippen LogP contribution in [0.3, 0.4) is 0 Å². The van der Waals surface area contributed by atoms with E-state index in [1.807, 2.05) is 24.3 Å². The Morgan fingerprint density at radius 1 is 0.897 bits per heavy atom. The molecule has 1 N–H and O–H groups in total. The topological polar surface area (TPSA) is 73.9 Å². The number of esters is 2. The fourth-order valence-electron chi connectivity index (χ4n) is 2.70. The van der Waals surface area contributed by atoms with E-state index < -0.39 is 11.9 Å². The van der Waals surface area contributed by atoms with Crippen LogP contribution >= 0.6 is 0 Å². The van der Waals surface area contributed by atoms with Crippen molar-refractivity contribution >= 4 is 17.6 Å². The second kappa shape index (κ2) is 15.4. The number of unbranched alkanes of at least 4 members (excludes halogenated alkanes) is 6. The lowest BCUT2D eigenvalue weighted by atomic mass is 10.1.